The third-order valence-corrected chi connectivity index (χ3v) is 4.99. The van der Waals surface area contributed by atoms with E-state index in [1.54, 1.807) is 0 Å². The van der Waals surface area contributed by atoms with Crippen molar-refractivity contribution in [2.24, 2.45) is 4.99 Å². The van der Waals surface area contributed by atoms with Crippen LogP contribution in [0.5, 0.6) is 11.5 Å². The molecule has 0 bridgehead atoms. The summed E-state index contributed by atoms with van der Waals surface area (Å²) in [6.07, 6.45) is 6.50. The Morgan fingerprint density at radius 2 is 1.81 bits per heavy atom. The minimum absolute atomic E-state index is 0.281. The van der Waals surface area contributed by atoms with Gasteiger partial charge in [0, 0.05) is 24.7 Å². The van der Waals surface area contributed by atoms with E-state index in [0.717, 1.165) is 52.9 Å². The Hall–Kier alpha value is -3.15. The van der Waals surface area contributed by atoms with E-state index < -0.39 is 0 Å². The number of nitrogens with zero attached hydrogens (tertiary/aromatic N) is 4. The van der Waals surface area contributed by atoms with Crippen LogP contribution in [0.15, 0.2) is 47.5 Å². The van der Waals surface area contributed by atoms with E-state index >= 15 is 0 Å². The van der Waals surface area contributed by atoms with E-state index in [1.807, 2.05) is 36.5 Å². The summed E-state index contributed by atoms with van der Waals surface area (Å²) in [7, 11) is 0. The van der Waals surface area contributed by atoms with Gasteiger partial charge in [-0.15, -0.1) is 10.2 Å². The van der Waals surface area contributed by atoms with Crippen LogP contribution in [0.3, 0.4) is 0 Å². The highest BCUT2D eigenvalue weighted by molar-refractivity contribution is 5.83. The lowest BCUT2D eigenvalue weighted by Gasteiger charge is -2.07. The van der Waals surface area contributed by atoms with Crippen molar-refractivity contribution < 1.29 is 9.47 Å². The molecule has 1 aromatic heterocycles. The van der Waals surface area contributed by atoms with Crippen LogP contribution in [-0.4, -0.2) is 27.8 Å². The van der Waals surface area contributed by atoms with Crippen molar-refractivity contribution in [3.05, 3.63) is 53.9 Å². The Morgan fingerprint density at radius 3 is 2.74 bits per heavy atom. The second-order valence-electron chi connectivity index (χ2n) is 6.82. The fourth-order valence-corrected chi connectivity index (χ4v) is 3.54. The number of hydrogen-bond acceptors (Lipinski definition) is 5. The lowest BCUT2D eigenvalue weighted by Crippen LogP contribution is -2.02. The first-order valence-electron chi connectivity index (χ1n) is 9.33. The van der Waals surface area contributed by atoms with Crippen molar-refractivity contribution in [3.8, 4) is 22.9 Å². The van der Waals surface area contributed by atoms with Crippen LogP contribution in [0.25, 0.3) is 11.4 Å². The van der Waals surface area contributed by atoms with Gasteiger partial charge in [-0.3, -0.25) is 4.99 Å². The van der Waals surface area contributed by atoms with Crippen molar-refractivity contribution in [2.45, 2.75) is 32.2 Å². The largest absolute Gasteiger partial charge is 0.454 e. The molecule has 0 spiro atoms. The standard InChI is InChI=1S/C21H20N4O2/c1-2-4-20-23-24-21(25(20)11-3-1)16-6-8-17(9-7-16)22-13-15-5-10-18-19(12-15)27-14-26-18/h5-10,12-13H,1-4,11,14H2. The van der Waals surface area contributed by atoms with Crippen LogP contribution < -0.4 is 9.47 Å². The molecule has 0 fully saturated rings. The molecule has 0 saturated heterocycles. The molecule has 136 valence electrons. The molecule has 3 aromatic rings. The Bertz CT molecular complexity index is 992. The molecular weight excluding hydrogens is 340 g/mol. The molecule has 0 atom stereocenters. The first-order valence-corrected chi connectivity index (χ1v) is 9.33. The Morgan fingerprint density at radius 1 is 0.926 bits per heavy atom. The van der Waals surface area contributed by atoms with E-state index in [4.69, 9.17) is 9.47 Å². The van der Waals surface area contributed by atoms with Crippen molar-refractivity contribution >= 4 is 11.9 Å². The molecule has 2 aromatic carbocycles. The number of ether oxygens (including phenoxy) is 2. The predicted molar refractivity (Wildman–Crippen MR) is 103 cm³/mol. The first kappa shape index (κ1) is 16.1. The number of rotatable bonds is 3. The van der Waals surface area contributed by atoms with Gasteiger partial charge < -0.3 is 14.0 Å². The minimum atomic E-state index is 0.281. The number of aryl methyl sites for hydroxylation is 1. The highest BCUT2D eigenvalue weighted by Crippen LogP contribution is 2.32. The zero-order valence-corrected chi connectivity index (χ0v) is 15.0. The number of aliphatic imine (C=N–C) groups is 1. The maximum Gasteiger partial charge on any atom is 0.231 e. The molecule has 0 saturated carbocycles. The van der Waals surface area contributed by atoms with Crippen LogP contribution in [0.1, 0.15) is 30.7 Å². The molecule has 5 rings (SSSR count). The first-order chi connectivity index (χ1) is 13.4. The monoisotopic (exact) mass is 360 g/mol. The van der Waals surface area contributed by atoms with Crippen LogP contribution in [0.2, 0.25) is 0 Å². The second-order valence-corrected chi connectivity index (χ2v) is 6.82. The van der Waals surface area contributed by atoms with Gasteiger partial charge in [0.1, 0.15) is 5.82 Å². The van der Waals surface area contributed by atoms with Gasteiger partial charge in [0.2, 0.25) is 6.79 Å². The molecule has 6 heteroatoms. The molecule has 2 aliphatic rings. The van der Waals surface area contributed by atoms with Crippen LogP contribution in [-0.2, 0) is 13.0 Å². The van der Waals surface area contributed by atoms with Gasteiger partial charge in [0.05, 0.1) is 5.69 Å². The van der Waals surface area contributed by atoms with Crippen molar-refractivity contribution in [2.75, 3.05) is 6.79 Å². The highest BCUT2D eigenvalue weighted by Gasteiger charge is 2.16. The molecule has 6 nitrogen and oxygen atoms in total. The average Bonchev–Trinajstić information content (AvgIpc) is 3.27. The Labute approximate surface area is 157 Å². The van der Waals surface area contributed by atoms with E-state index in [1.165, 1.54) is 19.3 Å². The molecule has 0 aliphatic carbocycles. The van der Waals surface area contributed by atoms with Gasteiger partial charge in [-0.05, 0) is 60.9 Å². The SMILES string of the molecule is C(=Nc1ccc(-c2nnc3n2CCCCC3)cc1)c1ccc2c(c1)OCO2. The predicted octanol–water partition coefficient (Wildman–Crippen LogP) is 4.15. The lowest BCUT2D eigenvalue weighted by atomic mass is 10.2. The maximum absolute atomic E-state index is 5.40. The Balaban J connectivity index is 1.36. The molecule has 0 unspecified atom stereocenters. The van der Waals surface area contributed by atoms with Gasteiger partial charge in [0.25, 0.3) is 0 Å². The van der Waals surface area contributed by atoms with Crippen LogP contribution in [0.4, 0.5) is 5.69 Å². The summed E-state index contributed by atoms with van der Waals surface area (Å²) >= 11 is 0. The van der Waals surface area contributed by atoms with E-state index in [-0.39, 0.29) is 6.79 Å². The van der Waals surface area contributed by atoms with Crippen LogP contribution >= 0.6 is 0 Å². The van der Waals surface area contributed by atoms with E-state index in [9.17, 15) is 0 Å². The summed E-state index contributed by atoms with van der Waals surface area (Å²) in [5, 5.41) is 8.80. The lowest BCUT2D eigenvalue weighted by molar-refractivity contribution is 0.174. The molecule has 0 radical (unpaired) electrons. The van der Waals surface area contributed by atoms with Crippen molar-refractivity contribution in [1.82, 2.24) is 14.8 Å². The summed E-state index contributed by atoms with van der Waals surface area (Å²) in [5.41, 5.74) is 2.95. The molecule has 3 heterocycles. The van der Waals surface area contributed by atoms with Gasteiger partial charge in [-0.1, -0.05) is 6.42 Å². The number of hydrogen-bond donors (Lipinski definition) is 0. The topological polar surface area (TPSA) is 61.5 Å². The number of aromatic nitrogens is 3. The van der Waals surface area contributed by atoms with E-state index in [0.29, 0.717) is 0 Å². The fraction of sp³-hybridized carbons (Fsp3) is 0.286. The summed E-state index contributed by atoms with van der Waals surface area (Å²) in [6.45, 7) is 1.28. The highest BCUT2D eigenvalue weighted by atomic mass is 16.7. The quantitative estimate of drug-likeness (QED) is 0.658. The third kappa shape index (κ3) is 3.18. The van der Waals surface area contributed by atoms with Gasteiger partial charge in [-0.25, -0.2) is 0 Å². The molecule has 0 N–H and O–H groups in total. The average molecular weight is 360 g/mol. The van der Waals surface area contributed by atoms with Crippen LogP contribution in [0, 0.1) is 0 Å². The van der Waals surface area contributed by atoms with Gasteiger partial charge in [-0.2, -0.15) is 0 Å². The van der Waals surface area contributed by atoms with Crippen molar-refractivity contribution in [3.63, 3.8) is 0 Å². The molecule has 27 heavy (non-hydrogen) atoms. The number of fused-ring (bicyclic) bond motifs is 2. The zero-order chi connectivity index (χ0) is 18.1. The Kier molecular flexibility index (Phi) is 4.08. The number of benzene rings is 2. The summed E-state index contributed by atoms with van der Waals surface area (Å²) in [5.74, 6) is 3.61. The summed E-state index contributed by atoms with van der Waals surface area (Å²) in [4.78, 5) is 4.56. The van der Waals surface area contributed by atoms with Crippen molar-refractivity contribution in [1.29, 1.82) is 0 Å². The second kappa shape index (κ2) is 6.87. The van der Waals surface area contributed by atoms with Gasteiger partial charge >= 0.3 is 0 Å². The fourth-order valence-electron chi connectivity index (χ4n) is 3.54. The molecular formula is C21H20N4O2. The molecule has 0 amide bonds. The summed E-state index contributed by atoms with van der Waals surface area (Å²) < 4.78 is 13.0. The van der Waals surface area contributed by atoms with E-state index in [2.05, 4.69) is 31.9 Å². The molecule has 2 aliphatic heterocycles. The third-order valence-electron chi connectivity index (χ3n) is 4.99. The minimum Gasteiger partial charge on any atom is -0.454 e. The van der Waals surface area contributed by atoms with Gasteiger partial charge in [0.15, 0.2) is 17.3 Å². The smallest absolute Gasteiger partial charge is 0.231 e. The maximum atomic E-state index is 5.40. The normalized spacial score (nSPS) is 15.7. The zero-order valence-electron chi connectivity index (χ0n) is 15.0. The summed E-state index contributed by atoms with van der Waals surface area (Å²) in [6, 6.07) is 14.0.